The number of rotatable bonds is 4. The SMILES string of the molecule is COc1ccc(Cl)cc1CNc1cc(F)cc(F)c1. The number of nitrogens with one attached hydrogen (secondary N) is 1. The second kappa shape index (κ2) is 5.89. The molecule has 5 heteroatoms. The van der Waals surface area contributed by atoms with Crippen LogP contribution in [-0.2, 0) is 6.54 Å². The summed E-state index contributed by atoms with van der Waals surface area (Å²) >= 11 is 5.90. The molecule has 0 aliphatic carbocycles. The molecule has 100 valence electrons. The fraction of sp³-hybridized carbons (Fsp3) is 0.143. The minimum absolute atomic E-state index is 0.354. The number of ether oxygens (including phenoxy) is 1. The molecule has 0 aromatic heterocycles. The molecule has 2 aromatic carbocycles. The van der Waals surface area contributed by atoms with Gasteiger partial charge in [0.25, 0.3) is 0 Å². The number of methoxy groups -OCH3 is 1. The third kappa shape index (κ3) is 3.58. The Morgan fingerprint density at radius 1 is 1.11 bits per heavy atom. The van der Waals surface area contributed by atoms with Crippen molar-refractivity contribution < 1.29 is 13.5 Å². The lowest BCUT2D eigenvalue weighted by molar-refractivity contribution is 0.410. The first kappa shape index (κ1) is 13.6. The third-order valence-corrected chi connectivity index (χ3v) is 2.82. The van der Waals surface area contributed by atoms with Gasteiger partial charge in [0.2, 0.25) is 0 Å². The molecule has 0 fully saturated rings. The molecule has 0 spiro atoms. The monoisotopic (exact) mass is 283 g/mol. The van der Waals surface area contributed by atoms with Crippen LogP contribution < -0.4 is 10.1 Å². The van der Waals surface area contributed by atoms with Crippen LogP contribution in [-0.4, -0.2) is 7.11 Å². The quantitative estimate of drug-likeness (QED) is 0.906. The topological polar surface area (TPSA) is 21.3 Å². The zero-order valence-electron chi connectivity index (χ0n) is 10.2. The van der Waals surface area contributed by atoms with E-state index in [4.69, 9.17) is 16.3 Å². The predicted octanol–water partition coefficient (Wildman–Crippen LogP) is 4.24. The van der Waals surface area contributed by atoms with Gasteiger partial charge in [-0.15, -0.1) is 0 Å². The molecule has 2 rings (SSSR count). The summed E-state index contributed by atoms with van der Waals surface area (Å²) in [4.78, 5) is 0. The Labute approximate surface area is 115 Å². The fourth-order valence-electron chi connectivity index (χ4n) is 1.74. The summed E-state index contributed by atoms with van der Waals surface area (Å²) in [7, 11) is 1.55. The van der Waals surface area contributed by atoms with Gasteiger partial charge in [-0.05, 0) is 30.3 Å². The van der Waals surface area contributed by atoms with E-state index in [1.807, 2.05) is 0 Å². The van der Waals surface area contributed by atoms with Crippen molar-refractivity contribution in [3.8, 4) is 5.75 Å². The van der Waals surface area contributed by atoms with E-state index in [0.29, 0.717) is 23.0 Å². The van der Waals surface area contributed by atoms with Crippen LogP contribution in [0.4, 0.5) is 14.5 Å². The number of benzene rings is 2. The molecule has 0 radical (unpaired) electrons. The molecule has 0 aliphatic heterocycles. The molecule has 0 heterocycles. The summed E-state index contributed by atoms with van der Waals surface area (Å²) in [6.45, 7) is 0.354. The number of halogens is 3. The van der Waals surface area contributed by atoms with Gasteiger partial charge in [0.1, 0.15) is 17.4 Å². The average Bonchev–Trinajstić information content (AvgIpc) is 2.35. The van der Waals surface area contributed by atoms with Crippen molar-refractivity contribution in [2.24, 2.45) is 0 Å². The standard InChI is InChI=1S/C14H12ClF2NO/c1-19-14-3-2-10(15)4-9(14)8-18-13-6-11(16)5-12(17)7-13/h2-7,18H,8H2,1H3. The van der Waals surface area contributed by atoms with Crippen LogP contribution in [0, 0.1) is 11.6 Å². The van der Waals surface area contributed by atoms with Crippen LogP contribution in [0.15, 0.2) is 36.4 Å². The smallest absolute Gasteiger partial charge is 0.128 e. The van der Waals surface area contributed by atoms with E-state index in [9.17, 15) is 8.78 Å². The Hall–Kier alpha value is -1.81. The zero-order chi connectivity index (χ0) is 13.8. The molecule has 0 saturated carbocycles. The summed E-state index contributed by atoms with van der Waals surface area (Å²) in [5.41, 5.74) is 1.17. The molecule has 0 atom stereocenters. The molecule has 0 aliphatic rings. The first-order valence-electron chi connectivity index (χ1n) is 5.61. The maximum atomic E-state index is 13.0. The van der Waals surface area contributed by atoms with Crippen LogP contribution in [0.5, 0.6) is 5.75 Å². The van der Waals surface area contributed by atoms with Crippen molar-refractivity contribution in [3.63, 3.8) is 0 Å². The van der Waals surface area contributed by atoms with E-state index in [1.165, 1.54) is 12.1 Å². The van der Waals surface area contributed by atoms with Gasteiger partial charge < -0.3 is 10.1 Å². The van der Waals surface area contributed by atoms with Gasteiger partial charge in [0, 0.05) is 28.9 Å². The van der Waals surface area contributed by atoms with Crippen molar-refractivity contribution >= 4 is 17.3 Å². The van der Waals surface area contributed by atoms with Crippen molar-refractivity contribution in [3.05, 3.63) is 58.6 Å². The summed E-state index contributed by atoms with van der Waals surface area (Å²) in [5.74, 6) is -0.588. The van der Waals surface area contributed by atoms with Crippen LogP contribution >= 0.6 is 11.6 Å². The zero-order valence-corrected chi connectivity index (χ0v) is 11.0. The lowest BCUT2D eigenvalue weighted by atomic mass is 10.2. The van der Waals surface area contributed by atoms with Crippen molar-refractivity contribution in [2.45, 2.75) is 6.54 Å². The van der Waals surface area contributed by atoms with Crippen molar-refractivity contribution in [1.82, 2.24) is 0 Å². The first-order chi connectivity index (χ1) is 9.08. The fourth-order valence-corrected chi connectivity index (χ4v) is 1.93. The highest BCUT2D eigenvalue weighted by atomic mass is 35.5. The Morgan fingerprint density at radius 3 is 2.42 bits per heavy atom. The second-order valence-electron chi connectivity index (χ2n) is 3.97. The number of anilines is 1. The molecule has 0 bridgehead atoms. The lowest BCUT2D eigenvalue weighted by Gasteiger charge is -2.11. The van der Waals surface area contributed by atoms with Gasteiger partial charge in [-0.1, -0.05) is 11.6 Å². The highest BCUT2D eigenvalue weighted by molar-refractivity contribution is 6.30. The normalized spacial score (nSPS) is 10.3. The molecular weight excluding hydrogens is 272 g/mol. The van der Waals surface area contributed by atoms with E-state index < -0.39 is 11.6 Å². The molecule has 19 heavy (non-hydrogen) atoms. The van der Waals surface area contributed by atoms with Gasteiger partial charge in [-0.2, -0.15) is 0 Å². The van der Waals surface area contributed by atoms with Crippen LogP contribution in [0.25, 0.3) is 0 Å². The van der Waals surface area contributed by atoms with E-state index in [2.05, 4.69) is 5.32 Å². The van der Waals surface area contributed by atoms with Crippen LogP contribution in [0.1, 0.15) is 5.56 Å². The minimum Gasteiger partial charge on any atom is -0.496 e. The van der Waals surface area contributed by atoms with Crippen molar-refractivity contribution in [2.75, 3.05) is 12.4 Å². The Morgan fingerprint density at radius 2 is 1.79 bits per heavy atom. The molecular formula is C14H12ClF2NO. The average molecular weight is 284 g/mol. The summed E-state index contributed by atoms with van der Waals surface area (Å²) in [6, 6.07) is 8.46. The van der Waals surface area contributed by atoms with Crippen molar-refractivity contribution in [1.29, 1.82) is 0 Å². The highest BCUT2D eigenvalue weighted by Gasteiger charge is 2.05. The highest BCUT2D eigenvalue weighted by Crippen LogP contribution is 2.24. The molecule has 0 unspecified atom stereocenters. The van der Waals surface area contributed by atoms with Gasteiger partial charge >= 0.3 is 0 Å². The summed E-state index contributed by atoms with van der Waals surface area (Å²) in [5, 5.41) is 3.50. The lowest BCUT2D eigenvalue weighted by Crippen LogP contribution is -2.02. The maximum Gasteiger partial charge on any atom is 0.128 e. The molecule has 2 nitrogen and oxygen atoms in total. The summed E-state index contributed by atoms with van der Waals surface area (Å²) < 4.78 is 31.3. The second-order valence-corrected chi connectivity index (χ2v) is 4.40. The van der Waals surface area contributed by atoms with E-state index in [1.54, 1.807) is 25.3 Å². The number of hydrogen-bond donors (Lipinski definition) is 1. The van der Waals surface area contributed by atoms with Gasteiger partial charge in [0.15, 0.2) is 0 Å². The predicted molar refractivity (Wildman–Crippen MR) is 71.7 cm³/mol. The van der Waals surface area contributed by atoms with Crippen LogP contribution in [0.3, 0.4) is 0 Å². The Balaban J connectivity index is 2.16. The van der Waals surface area contributed by atoms with Gasteiger partial charge in [-0.3, -0.25) is 0 Å². The number of hydrogen-bond acceptors (Lipinski definition) is 2. The van der Waals surface area contributed by atoms with Gasteiger partial charge in [0.05, 0.1) is 7.11 Å². The van der Waals surface area contributed by atoms with E-state index in [0.717, 1.165) is 11.6 Å². The third-order valence-electron chi connectivity index (χ3n) is 2.59. The molecule has 1 N–H and O–H groups in total. The summed E-state index contributed by atoms with van der Waals surface area (Å²) in [6.07, 6.45) is 0. The first-order valence-corrected chi connectivity index (χ1v) is 5.98. The maximum absolute atomic E-state index is 13.0. The van der Waals surface area contributed by atoms with Crippen LogP contribution in [0.2, 0.25) is 5.02 Å². The van der Waals surface area contributed by atoms with E-state index in [-0.39, 0.29) is 0 Å². The molecule has 2 aromatic rings. The Kier molecular flexibility index (Phi) is 4.22. The van der Waals surface area contributed by atoms with Gasteiger partial charge in [-0.25, -0.2) is 8.78 Å². The molecule has 0 amide bonds. The molecule has 0 saturated heterocycles. The largest absolute Gasteiger partial charge is 0.496 e. The Bertz CT molecular complexity index is 569. The van der Waals surface area contributed by atoms with E-state index >= 15 is 0 Å². The minimum atomic E-state index is -0.624.